The van der Waals surface area contributed by atoms with E-state index in [1.807, 2.05) is 32.6 Å². The van der Waals surface area contributed by atoms with Gasteiger partial charge in [-0.15, -0.1) is 0 Å². The summed E-state index contributed by atoms with van der Waals surface area (Å²) in [6.07, 6.45) is 1.51. The molecule has 0 radical (unpaired) electrons. The molecule has 1 aromatic carbocycles. The fraction of sp³-hybridized carbons (Fsp3) is 0.556. The van der Waals surface area contributed by atoms with Crippen LogP contribution in [0.3, 0.4) is 0 Å². The number of nitrogens with zero attached hydrogens (tertiary/aromatic N) is 2. The van der Waals surface area contributed by atoms with Gasteiger partial charge in [-0.05, 0) is 51.3 Å². The highest BCUT2D eigenvalue weighted by Crippen LogP contribution is 2.31. The lowest BCUT2D eigenvalue weighted by Gasteiger charge is -2.27. The zero-order valence-electron chi connectivity index (χ0n) is 14.4. The van der Waals surface area contributed by atoms with E-state index in [0.717, 1.165) is 23.2 Å². The number of hydrogen-bond donors (Lipinski definition) is 1. The van der Waals surface area contributed by atoms with Gasteiger partial charge in [0, 0.05) is 12.2 Å². The van der Waals surface area contributed by atoms with E-state index < -0.39 is 5.97 Å². The van der Waals surface area contributed by atoms with Crippen LogP contribution in [0.5, 0.6) is 0 Å². The molecule has 1 aliphatic rings. The first-order valence-corrected chi connectivity index (χ1v) is 8.20. The second kappa shape index (κ2) is 7.13. The van der Waals surface area contributed by atoms with Crippen molar-refractivity contribution in [3.8, 4) is 0 Å². The maximum Gasteiger partial charge on any atom is 0.317 e. The Morgan fingerprint density at radius 3 is 2.43 bits per heavy atom. The molecular formula is C18H26N2O3. The standard InChI is InChI=1S/C18H26N2O3/c1-5-7-19(11-16(21)22)15-6-8-20(18(15)23)17-13(3)9-12(2)10-14(17)4/h9-10,15H,5-8,11H2,1-4H3,(H,21,22). The summed E-state index contributed by atoms with van der Waals surface area (Å²) in [5.74, 6) is -0.859. The number of anilines is 1. The van der Waals surface area contributed by atoms with Crippen molar-refractivity contribution < 1.29 is 14.7 Å². The molecule has 0 aromatic heterocycles. The van der Waals surface area contributed by atoms with E-state index in [-0.39, 0.29) is 18.5 Å². The molecule has 1 atom stereocenters. The van der Waals surface area contributed by atoms with Gasteiger partial charge in [-0.1, -0.05) is 24.6 Å². The summed E-state index contributed by atoms with van der Waals surface area (Å²) in [6.45, 7) is 9.29. The second-order valence-electron chi connectivity index (χ2n) is 6.41. The van der Waals surface area contributed by atoms with Gasteiger partial charge in [-0.3, -0.25) is 14.5 Å². The Hall–Kier alpha value is -1.88. The Kier molecular flexibility index (Phi) is 5.42. The number of hydrogen-bond acceptors (Lipinski definition) is 3. The smallest absolute Gasteiger partial charge is 0.317 e. The fourth-order valence-corrected chi connectivity index (χ4v) is 3.63. The van der Waals surface area contributed by atoms with Gasteiger partial charge in [0.1, 0.15) is 0 Å². The SMILES string of the molecule is CCCN(CC(=O)O)C1CCN(c2c(C)cc(C)cc2C)C1=O. The third-order valence-electron chi connectivity index (χ3n) is 4.37. The number of benzene rings is 1. The Morgan fingerprint density at radius 1 is 1.30 bits per heavy atom. The van der Waals surface area contributed by atoms with Crippen molar-refractivity contribution in [2.75, 3.05) is 24.5 Å². The van der Waals surface area contributed by atoms with Gasteiger partial charge in [0.2, 0.25) is 5.91 Å². The molecular weight excluding hydrogens is 292 g/mol. The highest BCUT2D eigenvalue weighted by molar-refractivity contribution is 6.00. The van der Waals surface area contributed by atoms with E-state index >= 15 is 0 Å². The highest BCUT2D eigenvalue weighted by Gasteiger charge is 2.37. The molecule has 5 nitrogen and oxygen atoms in total. The summed E-state index contributed by atoms with van der Waals surface area (Å²) < 4.78 is 0. The van der Waals surface area contributed by atoms with Crippen LogP contribution in [0.15, 0.2) is 12.1 Å². The molecule has 0 spiro atoms. The van der Waals surface area contributed by atoms with Crippen molar-refractivity contribution in [3.63, 3.8) is 0 Å². The van der Waals surface area contributed by atoms with Gasteiger partial charge < -0.3 is 10.0 Å². The summed E-state index contributed by atoms with van der Waals surface area (Å²) in [7, 11) is 0. The predicted octanol–water partition coefficient (Wildman–Crippen LogP) is 2.51. The number of rotatable bonds is 6. The van der Waals surface area contributed by atoms with E-state index in [1.165, 1.54) is 5.56 Å². The topological polar surface area (TPSA) is 60.9 Å². The minimum atomic E-state index is -0.882. The summed E-state index contributed by atoms with van der Waals surface area (Å²) >= 11 is 0. The lowest BCUT2D eigenvalue weighted by atomic mass is 10.0. The Bertz CT molecular complexity index is 589. The lowest BCUT2D eigenvalue weighted by Crippen LogP contribution is -2.45. The Morgan fingerprint density at radius 2 is 1.91 bits per heavy atom. The van der Waals surface area contributed by atoms with Gasteiger partial charge in [0.25, 0.3) is 0 Å². The Balaban J connectivity index is 2.26. The first-order valence-electron chi connectivity index (χ1n) is 8.20. The molecule has 0 saturated carbocycles. The molecule has 1 heterocycles. The molecule has 0 bridgehead atoms. The van der Waals surface area contributed by atoms with Gasteiger partial charge in [-0.25, -0.2) is 0 Å². The minimum absolute atomic E-state index is 0.0229. The molecule has 0 aliphatic carbocycles. The quantitative estimate of drug-likeness (QED) is 0.875. The van der Waals surface area contributed by atoms with Crippen LogP contribution in [0.1, 0.15) is 36.5 Å². The number of carboxylic acid groups (broad SMARTS) is 1. The van der Waals surface area contributed by atoms with Crippen molar-refractivity contribution in [1.82, 2.24) is 4.90 Å². The lowest BCUT2D eigenvalue weighted by molar-refractivity contribution is -0.139. The molecule has 1 amide bonds. The first-order chi connectivity index (χ1) is 10.8. The summed E-state index contributed by atoms with van der Waals surface area (Å²) in [5.41, 5.74) is 4.36. The Labute approximate surface area is 137 Å². The number of carboxylic acids is 1. The zero-order chi connectivity index (χ0) is 17.1. The molecule has 2 rings (SSSR count). The number of aryl methyl sites for hydroxylation is 3. The monoisotopic (exact) mass is 318 g/mol. The van der Waals surface area contributed by atoms with Crippen LogP contribution in [0.2, 0.25) is 0 Å². The van der Waals surface area contributed by atoms with Crippen molar-refractivity contribution in [2.24, 2.45) is 0 Å². The summed E-state index contributed by atoms with van der Waals surface area (Å²) in [5, 5.41) is 9.09. The molecule has 1 N–H and O–H groups in total. The third kappa shape index (κ3) is 3.72. The van der Waals surface area contributed by atoms with Crippen LogP contribution < -0.4 is 4.90 Å². The molecule has 1 fully saturated rings. The van der Waals surface area contributed by atoms with Crippen LogP contribution in [-0.4, -0.2) is 47.6 Å². The molecule has 5 heteroatoms. The molecule has 1 saturated heterocycles. The summed E-state index contributed by atoms with van der Waals surface area (Å²) in [4.78, 5) is 27.6. The molecule has 1 unspecified atom stereocenters. The number of carbonyl (C=O) groups excluding carboxylic acids is 1. The normalized spacial score (nSPS) is 18.0. The largest absolute Gasteiger partial charge is 0.480 e. The molecule has 23 heavy (non-hydrogen) atoms. The van der Waals surface area contributed by atoms with Crippen LogP contribution in [0.25, 0.3) is 0 Å². The minimum Gasteiger partial charge on any atom is -0.480 e. The van der Waals surface area contributed by atoms with Gasteiger partial charge in [0.15, 0.2) is 0 Å². The van der Waals surface area contributed by atoms with E-state index in [9.17, 15) is 9.59 Å². The fourth-order valence-electron chi connectivity index (χ4n) is 3.63. The van der Waals surface area contributed by atoms with E-state index in [2.05, 4.69) is 12.1 Å². The van der Waals surface area contributed by atoms with Crippen molar-refractivity contribution >= 4 is 17.6 Å². The highest BCUT2D eigenvalue weighted by atomic mass is 16.4. The van der Waals surface area contributed by atoms with Gasteiger partial charge >= 0.3 is 5.97 Å². The maximum atomic E-state index is 12.9. The van der Waals surface area contributed by atoms with E-state index in [4.69, 9.17) is 5.11 Å². The average Bonchev–Trinajstić information content (AvgIpc) is 2.79. The van der Waals surface area contributed by atoms with Crippen molar-refractivity contribution in [2.45, 2.75) is 46.6 Å². The molecule has 1 aromatic rings. The van der Waals surface area contributed by atoms with E-state index in [1.54, 1.807) is 4.90 Å². The number of amides is 1. The number of carbonyl (C=O) groups is 2. The average molecular weight is 318 g/mol. The van der Waals surface area contributed by atoms with Gasteiger partial charge in [0.05, 0.1) is 12.6 Å². The molecule has 1 aliphatic heterocycles. The van der Waals surface area contributed by atoms with Crippen molar-refractivity contribution in [3.05, 3.63) is 28.8 Å². The first kappa shape index (κ1) is 17.5. The maximum absolute atomic E-state index is 12.9. The van der Waals surface area contributed by atoms with Gasteiger partial charge in [-0.2, -0.15) is 0 Å². The third-order valence-corrected chi connectivity index (χ3v) is 4.37. The van der Waals surface area contributed by atoms with Crippen LogP contribution in [0.4, 0.5) is 5.69 Å². The number of aliphatic carboxylic acids is 1. The van der Waals surface area contributed by atoms with E-state index in [0.29, 0.717) is 19.5 Å². The second-order valence-corrected chi connectivity index (χ2v) is 6.41. The van der Waals surface area contributed by atoms with Crippen LogP contribution in [0, 0.1) is 20.8 Å². The zero-order valence-corrected chi connectivity index (χ0v) is 14.4. The van der Waals surface area contributed by atoms with Crippen LogP contribution >= 0.6 is 0 Å². The molecule has 126 valence electrons. The predicted molar refractivity (Wildman–Crippen MR) is 90.9 cm³/mol. The summed E-state index contributed by atoms with van der Waals surface area (Å²) in [6, 6.07) is 3.85. The van der Waals surface area contributed by atoms with Crippen molar-refractivity contribution in [1.29, 1.82) is 0 Å². The van der Waals surface area contributed by atoms with Crippen LogP contribution in [-0.2, 0) is 9.59 Å².